The first-order chi connectivity index (χ1) is 5.64. The fourth-order valence-corrected chi connectivity index (χ4v) is 1.79. The van der Waals surface area contributed by atoms with Gasteiger partial charge in [0, 0.05) is 13.2 Å². The summed E-state index contributed by atoms with van der Waals surface area (Å²) in [5.41, 5.74) is 0. The summed E-state index contributed by atoms with van der Waals surface area (Å²) in [6.45, 7) is 2.78. The Labute approximate surface area is 73.0 Å². The van der Waals surface area contributed by atoms with Crippen molar-refractivity contribution < 1.29 is 17.3 Å². The maximum atomic E-state index is 11.0. The normalized spacial score (nSPS) is 21.1. The minimum absolute atomic E-state index is 0.0460. The largest absolute Gasteiger partial charge is 0.381 e. The van der Waals surface area contributed by atoms with Crippen LogP contribution in [0, 0.1) is 0 Å². The van der Waals surface area contributed by atoms with Gasteiger partial charge in [0.15, 0.2) is 0 Å². The lowest BCUT2D eigenvalue weighted by Gasteiger charge is -2.21. The Morgan fingerprint density at radius 2 is 2.00 bits per heavy atom. The Balaban J connectivity index is 2.39. The van der Waals surface area contributed by atoms with Gasteiger partial charge in [-0.2, -0.15) is 8.42 Å². The van der Waals surface area contributed by atoms with Crippen LogP contribution in [0.25, 0.3) is 0 Å². The van der Waals surface area contributed by atoms with Gasteiger partial charge in [0.05, 0.1) is 11.9 Å². The highest BCUT2D eigenvalue weighted by Gasteiger charge is 2.20. The van der Waals surface area contributed by atoms with Crippen LogP contribution in [0.4, 0.5) is 0 Å². The van der Waals surface area contributed by atoms with Crippen molar-refractivity contribution in [2.45, 2.75) is 25.9 Å². The van der Waals surface area contributed by atoms with Gasteiger partial charge in [-0.05, 0) is 19.8 Å². The first kappa shape index (κ1) is 9.95. The van der Waals surface area contributed by atoms with E-state index in [4.69, 9.17) is 8.92 Å². The fraction of sp³-hybridized carbons (Fsp3) is 1.00. The summed E-state index contributed by atoms with van der Waals surface area (Å²) < 4.78 is 32.0. The van der Waals surface area contributed by atoms with Gasteiger partial charge in [-0.25, -0.2) is 0 Å². The third-order valence-electron chi connectivity index (χ3n) is 1.80. The van der Waals surface area contributed by atoms with Crippen molar-refractivity contribution in [3.63, 3.8) is 0 Å². The molecule has 0 aliphatic carbocycles. The maximum Gasteiger partial charge on any atom is 0.267 e. The second kappa shape index (κ2) is 4.20. The van der Waals surface area contributed by atoms with Crippen LogP contribution in [0.1, 0.15) is 19.8 Å². The van der Waals surface area contributed by atoms with Crippen LogP contribution >= 0.6 is 0 Å². The zero-order valence-electron chi connectivity index (χ0n) is 7.15. The van der Waals surface area contributed by atoms with Gasteiger partial charge in [-0.15, -0.1) is 0 Å². The number of hydrogen-bond donors (Lipinski definition) is 0. The van der Waals surface area contributed by atoms with Crippen LogP contribution < -0.4 is 0 Å². The van der Waals surface area contributed by atoms with Crippen molar-refractivity contribution in [3.8, 4) is 0 Å². The van der Waals surface area contributed by atoms with Crippen LogP contribution in [-0.2, 0) is 19.0 Å². The summed E-state index contributed by atoms with van der Waals surface area (Å²) in [5.74, 6) is 0.0460. The molecule has 4 nitrogen and oxygen atoms in total. The third-order valence-corrected chi connectivity index (χ3v) is 3.08. The molecule has 0 aromatic carbocycles. The predicted molar refractivity (Wildman–Crippen MR) is 44.4 cm³/mol. The Hall–Kier alpha value is -0.130. The number of hydrogen-bond acceptors (Lipinski definition) is 4. The second-order valence-electron chi connectivity index (χ2n) is 2.75. The Morgan fingerprint density at radius 1 is 1.42 bits per heavy atom. The highest BCUT2D eigenvalue weighted by molar-refractivity contribution is 7.86. The molecule has 1 aliphatic heterocycles. The van der Waals surface area contributed by atoms with E-state index in [-0.39, 0.29) is 11.9 Å². The third kappa shape index (κ3) is 3.08. The SMILES string of the molecule is CCS(=O)(=O)OC1CCOCC1. The molecular formula is C7H14O4S. The molecule has 0 N–H and O–H groups in total. The summed E-state index contributed by atoms with van der Waals surface area (Å²) in [7, 11) is -3.27. The highest BCUT2D eigenvalue weighted by atomic mass is 32.2. The molecule has 1 saturated heterocycles. The quantitative estimate of drug-likeness (QED) is 0.615. The minimum atomic E-state index is -3.27. The first-order valence-corrected chi connectivity index (χ1v) is 5.70. The molecule has 12 heavy (non-hydrogen) atoms. The van der Waals surface area contributed by atoms with Crippen LogP contribution in [0.15, 0.2) is 0 Å². The van der Waals surface area contributed by atoms with Gasteiger partial charge in [0.2, 0.25) is 0 Å². The Kier molecular flexibility index (Phi) is 3.49. The molecule has 0 amide bonds. The summed E-state index contributed by atoms with van der Waals surface area (Å²) in [4.78, 5) is 0. The summed E-state index contributed by atoms with van der Waals surface area (Å²) >= 11 is 0. The summed E-state index contributed by atoms with van der Waals surface area (Å²) in [6.07, 6.45) is 1.20. The molecule has 0 spiro atoms. The predicted octanol–water partition coefficient (Wildman–Crippen LogP) is 0.532. The van der Waals surface area contributed by atoms with Gasteiger partial charge in [-0.3, -0.25) is 4.18 Å². The lowest BCUT2D eigenvalue weighted by Crippen LogP contribution is -2.26. The molecule has 5 heteroatoms. The van der Waals surface area contributed by atoms with Crippen LogP contribution in [-0.4, -0.2) is 33.5 Å². The van der Waals surface area contributed by atoms with E-state index < -0.39 is 10.1 Å². The van der Waals surface area contributed by atoms with Crippen LogP contribution in [0.2, 0.25) is 0 Å². The van der Waals surface area contributed by atoms with E-state index in [2.05, 4.69) is 0 Å². The van der Waals surface area contributed by atoms with E-state index >= 15 is 0 Å². The van der Waals surface area contributed by atoms with Crippen molar-refractivity contribution in [2.24, 2.45) is 0 Å². The zero-order valence-corrected chi connectivity index (χ0v) is 7.97. The number of ether oxygens (including phenoxy) is 1. The van der Waals surface area contributed by atoms with Gasteiger partial charge in [0.1, 0.15) is 0 Å². The van der Waals surface area contributed by atoms with Gasteiger partial charge < -0.3 is 4.74 Å². The Morgan fingerprint density at radius 3 is 2.50 bits per heavy atom. The molecule has 0 atom stereocenters. The molecule has 0 aromatic heterocycles. The smallest absolute Gasteiger partial charge is 0.267 e. The van der Waals surface area contributed by atoms with Crippen molar-refractivity contribution in [3.05, 3.63) is 0 Å². The molecule has 1 aliphatic rings. The van der Waals surface area contributed by atoms with E-state index in [1.54, 1.807) is 6.92 Å². The van der Waals surface area contributed by atoms with E-state index in [1.807, 2.05) is 0 Å². The lowest BCUT2D eigenvalue weighted by atomic mass is 10.2. The number of rotatable bonds is 3. The van der Waals surface area contributed by atoms with E-state index in [9.17, 15) is 8.42 Å². The molecule has 0 bridgehead atoms. The summed E-state index contributed by atoms with van der Waals surface area (Å²) in [6, 6.07) is 0. The van der Waals surface area contributed by atoms with Gasteiger partial charge in [0.25, 0.3) is 10.1 Å². The topological polar surface area (TPSA) is 52.6 Å². The van der Waals surface area contributed by atoms with Gasteiger partial charge >= 0.3 is 0 Å². The molecule has 72 valence electrons. The Bertz CT molecular complexity index is 216. The molecular weight excluding hydrogens is 180 g/mol. The van der Waals surface area contributed by atoms with Gasteiger partial charge in [-0.1, -0.05) is 0 Å². The van der Waals surface area contributed by atoms with Crippen molar-refractivity contribution in [1.82, 2.24) is 0 Å². The van der Waals surface area contributed by atoms with Crippen molar-refractivity contribution >= 4 is 10.1 Å². The molecule has 1 rings (SSSR count). The van der Waals surface area contributed by atoms with E-state index in [0.717, 1.165) is 0 Å². The molecule has 1 fully saturated rings. The second-order valence-corrected chi connectivity index (χ2v) is 4.64. The fourth-order valence-electron chi connectivity index (χ4n) is 1.05. The molecule has 0 unspecified atom stereocenters. The first-order valence-electron chi connectivity index (χ1n) is 4.13. The highest BCUT2D eigenvalue weighted by Crippen LogP contribution is 2.13. The average Bonchev–Trinajstić information content (AvgIpc) is 2.06. The minimum Gasteiger partial charge on any atom is -0.381 e. The summed E-state index contributed by atoms with van der Waals surface area (Å²) in [5, 5.41) is 0. The molecule has 0 aromatic rings. The average molecular weight is 194 g/mol. The van der Waals surface area contributed by atoms with E-state index in [0.29, 0.717) is 26.1 Å². The zero-order chi connectivity index (χ0) is 9.03. The maximum absolute atomic E-state index is 11.0. The standard InChI is InChI=1S/C7H14O4S/c1-2-12(8,9)11-7-3-5-10-6-4-7/h7H,2-6H2,1H3. The van der Waals surface area contributed by atoms with Crippen molar-refractivity contribution in [2.75, 3.05) is 19.0 Å². The van der Waals surface area contributed by atoms with E-state index in [1.165, 1.54) is 0 Å². The monoisotopic (exact) mass is 194 g/mol. The van der Waals surface area contributed by atoms with Crippen LogP contribution in [0.3, 0.4) is 0 Å². The lowest BCUT2D eigenvalue weighted by molar-refractivity contribution is 0.0285. The molecule has 0 radical (unpaired) electrons. The molecule has 0 saturated carbocycles. The van der Waals surface area contributed by atoms with Crippen LogP contribution in [0.5, 0.6) is 0 Å². The molecule has 1 heterocycles. The van der Waals surface area contributed by atoms with Crippen molar-refractivity contribution in [1.29, 1.82) is 0 Å².